The highest BCUT2D eigenvalue weighted by atomic mass is 32.2. The third-order valence-electron chi connectivity index (χ3n) is 2.82. The van der Waals surface area contributed by atoms with Crippen molar-refractivity contribution in [1.82, 2.24) is 0 Å². The molecule has 0 spiro atoms. The summed E-state index contributed by atoms with van der Waals surface area (Å²) in [5.41, 5.74) is -0.113. The fourth-order valence-electron chi connectivity index (χ4n) is 1.87. The zero-order valence-corrected chi connectivity index (χ0v) is 13.8. The standard InChI is InChI=1S/C13H12N2O7S2/c1-22-11-8-7-10(15-14-9-5-3-2-4-6-9)12(23(16,17)18)13(11)24(19,20)21/h2-8H,1H3,(H,16,17,18)(H,19,20,21). The topological polar surface area (TPSA) is 143 Å². The van der Waals surface area contributed by atoms with Gasteiger partial charge in [-0.3, -0.25) is 9.11 Å². The fraction of sp³-hybridized carbons (Fsp3) is 0.0769. The van der Waals surface area contributed by atoms with Crippen molar-refractivity contribution in [3.63, 3.8) is 0 Å². The minimum absolute atomic E-state index is 0.364. The molecule has 128 valence electrons. The first-order valence-electron chi connectivity index (χ1n) is 6.27. The minimum atomic E-state index is -5.06. The molecule has 0 fully saturated rings. The molecule has 0 atom stereocenters. The Morgan fingerprint density at radius 2 is 1.42 bits per heavy atom. The number of azo groups is 1. The predicted octanol–water partition coefficient (Wildman–Crippen LogP) is 2.60. The summed E-state index contributed by atoms with van der Waals surface area (Å²) in [4.78, 5) is -2.24. The number of hydrogen-bond donors (Lipinski definition) is 2. The number of ether oxygens (including phenoxy) is 1. The zero-order chi connectivity index (χ0) is 18.0. The van der Waals surface area contributed by atoms with Crippen LogP contribution in [0.15, 0.2) is 62.5 Å². The molecule has 0 saturated carbocycles. The van der Waals surface area contributed by atoms with Crippen LogP contribution in [-0.4, -0.2) is 33.1 Å². The average molecular weight is 372 g/mol. The van der Waals surface area contributed by atoms with Gasteiger partial charge in [0.15, 0.2) is 4.90 Å². The second kappa shape index (κ2) is 6.65. The van der Waals surface area contributed by atoms with Crippen LogP contribution in [0.5, 0.6) is 5.75 Å². The van der Waals surface area contributed by atoms with E-state index in [2.05, 4.69) is 10.2 Å². The van der Waals surface area contributed by atoms with Crippen molar-refractivity contribution in [2.24, 2.45) is 10.2 Å². The molecule has 0 heterocycles. The van der Waals surface area contributed by atoms with E-state index in [4.69, 9.17) is 4.74 Å². The van der Waals surface area contributed by atoms with Crippen molar-refractivity contribution < 1.29 is 30.7 Å². The maximum atomic E-state index is 11.6. The molecule has 0 aliphatic rings. The third-order valence-corrected chi connectivity index (χ3v) is 4.80. The van der Waals surface area contributed by atoms with Gasteiger partial charge in [0.05, 0.1) is 12.8 Å². The SMILES string of the molecule is COc1ccc(N=Nc2ccccc2)c(S(=O)(=O)O)c1S(=O)(=O)O. The first-order valence-corrected chi connectivity index (χ1v) is 9.15. The summed E-state index contributed by atoms with van der Waals surface area (Å²) in [5.74, 6) is -0.469. The average Bonchev–Trinajstić information content (AvgIpc) is 2.51. The Bertz CT molecular complexity index is 984. The van der Waals surface area contributed by atoms with E-state index in [1.165, 1.54) is 0 Å². The Morgan fingerprint density at radius 3 is 1.92 bits per heavy atom. The van der Waals surface area contributed by atoms with Gasteiger partial charge in [0.1, 0.15) is 16.3 Å². The van der Waals surface area contributed by atoms with Crippen LogP contribution in [0.25, 0.3) is 0 Å². The summed E-state index contributed by atoms with van der Waals surface area (Å²) < 4.78 is 69.7. The Labute approximate surface area is 138 Å². The first-order chi connectivity index (χ1) is 11.1. The number of methoxy groups -OCH3 is 1. The maximum Gasteiger partial charge on any atom is 0.299 e. The quantitative estimate of drug-likeness (QED) is 0.606. The highest BCUT2D eigenvalue weighted by Gasteiger charge is 2.31. The van der Waals surface area contributed by atoms with Crippen LogP contribution in [-0.2, 0) is 20.2 Å². The summed E-state index contributed by atoms with van der Waals surface area (Å²) in [5, 5.41) is 7.41. The number of benzene rings is 2. The molecular weight excluding hydrogens is 360 g/mol. The zero-order valence-electron chi connectivity index (χ0n) is 12.2. The van der Waals surface area contributed by atoms with Gasteiger partial charge in [0.2, 0.25) is 0 Å². The number of rotatable bonds is 5. The van der Waals surface area contributed by atoms with E-state index in [9.17, 15) is 25.9 Å². The van der Waals surface area contributed by atoms with E-state index in [0.29, 0.717) is 5.69 Å². The van der Waals surface area contributed by atoms with Crippen molar-refractivity contribution in [3.8, 4) is 5.75 Å². The third kappa shape index (κ3) is 3.94. The molecule has 0 bridgehead atoms. The highest BCUT2D eigenvalue weighted by Crippen LogP contribution is 2.38. The number of nitrogens with zero attached hydrogens (tertiary/aromatic N) is 2. The van der Waals surface area contributed by atoms with Gasteiger partial charge in [-0.15, -0.1) is 5.11 Å². The largest absolute Gasteiger partial charge is 0.495 e. The van der Waals surface area contributed by atoms with Crippen LogP contribution >= 0.6 is 0 Å². The monoisotopic (exact) mass is 372 g/mol. The smallest absolute Gasteiger partial charge is 0.299 e. The molecule has 0 unspecified atom stereocenters. The van der Waals surface area contributed by atoms with Gasteiger partial charge < -0.3 is 4.74 Å². The van der Waals surface area contributed by atoms with E-state index < -0.39 is 41.5 Å². The lowest BCUT2D eigenvalue weighted by Crippen LogP contribution is -2.10. The van der Waals surface area contributed by atoms with E-state index in [0.717, 1.165) is 19.2 Å². The molecule has 0 aromatic heterocycles. The Morgan fingerprint density at radius 1 is 0.833 bits per heavy atom. The molecular formula is C13H12N2O7S2. The molecule has 2 N–H and O–H groups in total. The van der Waals surface area contributed by atoms with E-state index >= 15 is 0 Å². The normalized spacial score (nSPS) is 12.5. The lowest BCUT2D eigenvalue weighted by molar-refractivity contribution is 0.392. The maximum absolute atomic E-state index is 11.6. The van der Waals surface area contributed by atoms with Crippen LogP contribution in [0.4, 0.5) is 11.4 Å². The molecule has 2 aromatic carbocycles. The van der Waals surface area contributed by atoms with Gasteiger partial charge in [-0.1, -0.05) is 18.2 Å². The highest BCUT2D eigenvalue weighted by molar-refractivity contribution is 7.89. The lowest BCUT2D eigenvalue weighted by atomic mass is 10.3. The van der Waals surface area contributed by atoms with Crippen LogP contribution < -0.4 is 4.74 Å². The van der Waals surface area contributed by atoms with E-state index in [1.54, 1.807) is 30.3 Å². The second-order valence-corrected chi connectivity index (χ2v) is 7.15. The van der Waals surface area contributed by atoms with Gasteiger partial charge in [-0.2, -0.15) is 21.9 Å². The van der Waals surface area contributed by atoms with Gasteiger partial charge in [-0.05, 0) is 24.3 Å². The van der Waals surface area contributed by atoms with E-state index in [-0.39, 0.29) is 0 Å². The first kappa shape index (κ1) is 18.0. The molecule has 9 nitrogen and oxygen atoms in total. The van der Waals surface area contributed by atoms with Gasteiger partial charge >= 0.3 is 0 Å². The number of hydrogen-bond acceptors (Lipinski definition) is 7. The Balaban J connectivity index is 2.76. The fourth-order valence-corrected chi connectivity index (χ4v) is 3.96. The Hall–Kier alpha value is -2.34. The molecule has 0 radical (unpaired) electrons. The van der Waals surface area contributed by atoms with Crippen molar-refractivity contribution in [2.75, 3.05) is 7.11 Å². The molecule has 0 amide bonds. The van der Waals surface area contributed by atoms with Crippen molar-refractivity contribution in [2.45, 2.75) is 9.79 Å². The summed E-state index contributed by atoms with van der Waals surface area (Å²) >= 11 is 0. The summed E-state index contributed by atoms with van der Waals surface area (Å²) in [6.07, 6.45) is 0. The molecule has 0 aliphatic heterocycles. The molecule has 2 aromatic rings. The van der Waals surface area contributed by atoms with Crippen molar-refractivity contribution >= 4 is 31.6 Å². The van der Waals surface area contributed by atoms with Gasteiger partial charge in [0.25, 0.3) is 20.2 Å². The molecule has 24 heavy (non-hydrogen) atoms. The molecule has 2 rings (SSSR count). The van der Waals surface area contributed by atoms with E-state index in [1.807, 2.05) is 0 Å². The van der Waals surface area contributed by atoms with Crippen LogP contribution in [0, 0.1) is 0 Å². The Kier molecular flexibility index (Phi) is 4.99. The van der Waals surface area contributed by atoms with Crippen LogP contribution in [0.2, 0.25) is 0 Å². The predicted molar refractivity (Wildman–Crippen MR) is 83.2 cm³/mol. The molecule has 0 aliphatic carbocycles. The van der Waals surface area contributed by atoms with Crippen molar-refractivity contribution in [3.05, 3.63) is 42.5 Å². The second-order valence-electron chi connectivity index (χ2n) is 4.43. The van der Waals surface area contributed by atoms with Crippen LogP contribution in [0.3, 0.4) is 0 Å². The van der Waals surface area contributed by atoms with Gasteiger partial charge in [0, 0.05) is 0 Å². The summed E-state index contributed by atoms with van der Waals surface area (Å²) in [7, 11) is -9.02. The molecule has 0 saturated heterocycles. The summed E-state index contributed by atoms with van der Waals surface area (Å²) in [6.45, 7) is 0. The van der Waals surface area contributed by atoms with Crippen molar-refractivity contribution in [1.29, 1.82) is 0 Å². The summed E-state index contributed by atoms with van der Waals surface area (Å²) in [6, 6.07) is 10.4. The van der Waals surface area contributed by atoms with Gasteiger partial charge in [-0.25, -0.2) is 0 Å². The van der Waals surface area contributed by atoms with Crippen LogP contribution in [0.1, 0.15) is 0 Å². The lowest BCUT2D eigenvalue weighted by Gasteiger charge is -2.11. The minimum Gasteiger partial charge on any atom is -0.495 e. The molecule has 11 heteroatoms.